The lowest BCUT2D eigenvalue weighted by molar-refractivity contribution is -0.162. The number of fused-ring (bicyclic) bond motifs is 5. The predicted octanol–water partition coefficient (Wildman–Crippen LogP) is 4.94. The van der Waals surface area contributed by atoms with Gasteiger partial charge in [-0.2, -0.15) is 0 Å². The van der Waals surface area contributed by atoms with Crippen molar-refractivity contribution >= 4 is 0 Å². The molecule has 4 heteroatoms. The van der Waals surface area contributed by atoms with Gasteiger partial charge in [0.2, 0.25) is 0 Å². The molecule has 12 atom stereocenters. The van der Waals surface area contributed by atoms with Gasteiger partial charge in [-0.1, -0.05) is 48.1 Å². The maximum atomic E-state index is 11.2. The maximum absolute atomic E-state index is 11.2. The molecule has 4 fully saturated rings. The van der Waals surface area contributed by atoms with Crippen molar-refractivity contribution in [2.45, 2.75) is 117 Å². The molecular weight excluding hydrogens is 412 g/mol. The van der Waals surface area contributed by atoms with Crippen molar-refractivity contribution < 1.29 is 20.4 Å². The van der Waals surface area contributed by atoms with Gasteiger partial charge in [0.05, 0.1) is 18.3 Å². The van der Waals surface area contributed by atoms with E-state index in [1.807, 2.05) is 20.8 Å². The third-order valence-corrected chi connectivity index (χ3v) is 11.6. The molecule has 4 saturated carbocycles. The lowest BCUT2D eigenvalue weighted by atomic mass is 9.44. The molecule has 4 nitrogen and oxygen atoms in total. The molecule has 4 unspecified atom stereocenters. The van der Waals surface area contributed by atoms with Crippen LogP contribution in [0.5, 0.6) is 0 Å². The van der Waals surface area contributed by atoms with Gasteiger partial charge in [0.15, 0.2) is 0 Å². The van der Waals surface area contributed by atoms with E-state index in [0.29, 0.717) is 29.6 Å². The predicted molar refractivity (Wildman–Crippen MR) is 132 cm³/mol. The Hall–Kier alpha value is -0.420. The molecule has 33 heavy (non-hydrogen) atoms. The van der Waals surface area contributed by atoms with Gasteiger partial charge < -0.3 is 20.4 Å². The van der Waals surface area contributed by atoms with Gasteiger partial charge in [-0.3, -0.25) is 0 Å². The van der Waals surface area contributed by atoms with Crippen molar-refractivity contribution in [3.05, 3.63) is 12.2 Å². The van der Waals surface area contributed by atoms with Crippen LogP contribution >= 0.6 is 0 Å². The average molecular weight is 463 g/mol. The molecular formula is C29H50O4. The molecule has 4 N–H and O–H groups in total. The number of hydrogen-bond acceptors (Lipinski definition) is 4. The number of hydrogen-bond donors (Lipinski definition) is 4. The lowest BCUT2D eigenvalue weighted by Gasteiger charge is -2.61. The third kappa shape index (κ3) is 4.05. The van der Waals surface area contributed by atoms with E-state index in [-0.39, 0.29) is 22.2 Å². The Bertz CT molecular complexity index is 742. The van der Waals surface area contributed by atoms with Gasteiger partial charge in [-0.05, 0) is 109 Å². The molecule has 4 aliphatic rings. The average Bonchev–Trinajstić information content (AvgIpc) is 3.09. The van der Waals surface area contributed by atoms with Gasteiger partial charge in [0, 0.05) is 0 Å². The van der Waals surface area contributed by atoms with Crippen molar-refractivity contribution in [2.75, 3.05) is 0 Å². The maximum Gasteiger partial charge on any atom is 0.101 e. The molecule has 0 amide bonds. The van der Waals surface area contributed by atoms with Crippen LogP contribution in [0.4, 0.5) is 0 Å². The van der Waals surface area contributed by atoms with Crippen molar-refractivity contribution in [1.82, 2.24) is 0 Å². The number of aliphatic hydroxyl groups is 4. The van der Waals surface area contributed by atoms with Crippen molar-refractivity contribution in [1.29, 1.82) is 0 Å². The zero-order valence-electron chi connectivity index (χ0n) is 21.9. The van der Waals surface area contributed by atoms with Crippen LogP contribution in [0.15, 0.2) is 12.2 Å². The number of aliphatic hydroxyl groups excluding tert-OH is 4. The van der Waals surface area contributed by atoms with E-state index in [4.69, 9.17) is 0 Å². The van der Waals surface area contributed by atoms with E-state index in [9.17, 15) is 20.4 Å². The SMILES string of the molecule is C=C([C@@H](O)[C@H](O)[C@@H](C)C1CCC2C3CC[C@H]4C[C@H](O)[C@H](O)C[C@]4(C)C3CC[C@@]21C)C(C)(C)C. The van der Waals surface area contributed by atoms with E-state index in [0.717, 1.165) is 31.3 Å². The second kappa shape index (κ2) is 8.61. The summed E-state index contributed by atoms with van der Waals surface area (Å²) in [5.41, 5.74) is 0.814. The summed E-state index contributed by atoms with van der Waals surface area (Å²) in [6.07, 6.45) is 5.78. The first-order valence-corrected chi connectivity index (χ1v) is 13.6. The Morgan fingerprint density at radius 3 is 2.18 bits per heavy atom. The summed E-state index contributed by atoms with van der Waals surface area (Å²) in [6.45, 7) is 17.3. The zero-order chi connectivity index (χ0) is 24.5. The molecule has 0 aromatic carbocycles. The standard InChI is InChI=1S/C29H50O4/c1-16(25(32)26(33)17(2)27(3,4)5)20-10-11-21-19-9-8-18-14-23(30)24(31)15-29(18,7)22(19)12-13-28(20,21)6/h16,18-26,30-33H,2,8-15H2,1,3-7H3/t16-,18-,19?,20?,21?,22?,23-,24+,25+,26+,28+,29-/m0/s1. The van der Waals surface area contributed by atoms with E-state index in [1.165, 1.54) is 25.7 Å². The molecule has 0 spiro atoms. The van der Waals surface area contributed by atoms with Crippen LogP contribution in [0.2, 0.25) is 0 Å². The Morgan fingerprint density at radius 1 is 0.909 bits per heavy atom. The van der Waals surface area contributed by atoms with Gasteiger partial charge in [-0.15, -0.1) is 0 Å². The second-order valence-electron chi connectivity index (χ2n) is 14.0. The van der Waals surface area contributed by atoms with Gasteiger partial charge in [0.1, 0.15) is 6.10 Å². The number of rotatable bonds is 4. The summed E-state index contributed by atoms with van der Waals surface area (Å²) in [5.74, 6) is 2.92. The summed E-state index contributed by atoms with van der Waals surface area (Å²) in [7, 11) is 0. The first-order chi connectivity index (χ1) is 15.2. The molecule has 0 bridgehead atoms. The molecule has 0 saturated heterocycles. The van der Waals surface area contributed by atoms with E-state index in [1.54, 1.807) is 0 Å². The minimum absolute atomic E-state index is 0.0317. The fraction of sp³-hybridized carbons (Fsp3) is 0.931. The molecule has 0 radical (unpaired) electrons. The first-order valence-electron chi connectivity index (χ1n) is 13.6. The van der Waals surface area contributed by atoms with E-state index in [2.05, 4.69) is 27.4 Å². The van der Waals surface area contributed by atoms with Gasteiger partial charge >= 0.3 is 0 Å². The largest absolute Gasteiger partial charge is 0.390 e. The van der Waals surface area contributed by atoms with Crippen LogP contribution in [-0.2, 0) is 0 Å². The molecule has 0 aliphatic heterocycles. The molecule has 4 aliphatic carbocycles. The minimum atomic E-state index is -0.886. The van der Waals surface area contributed by atoms with Gasteiger partial charge in [-0.25, -0.2) is 0 Å². The quantitative estimate of drug-likeness (QED) is 0.446. The topological polar surface area (TPSA) is 80.9 Å². The minimum Gasteiger partial charge on any atom is -0.390 e. The van der Waals surface area contributed by atoms with Crippen LogP contribution in [0.25, 0.3) is 0 Å². The van der Waals surface area contributed by atoms with Crippen LogP contribution in [-0.4, -0.2) is 44.8 Å². The normalized spacial score (nSPS) is 48.2. The monoisotopic (exact) mass is 462 g/mol. The van der Waals surface area contributed by atoms with Crippen molar-refractivity contribution in [3.63, 3.8) is 0 Å². The Kier molecular flexibility index (Phi) is 6.69. The molecule has 4 rings (SSSR count). The highest BCUT2D eigenvalue weighted by Crippen LogP contribution is 2.68. The highest BCUT2D eigenvalue weighted by Gasteiger charge is 2.62. The Morgan fingerprint density at radius 2 is 1.55 bits per heavy atom. The molecule has 0 aromatic heterocycles. The van der Waals surface area contributed by atoms with Crippen LogP contribution in [0, 0.1) is 51.8 Å². The van der Waals surface area contributed by atoms with Gasteiger partial charge in [0.25, 0.3) is 0 Å². The highest BCUT2D eigenvalue weighted by atomic mass is 16.3. The second-order valence-corrected chi connectivity index (χ2v) is 14.0. The Balaban J connectivity index is 1.52. The summed E-state index contributed by atoms with van der Waals surface area (Å²) in [5, 5.41) is 43.0. The smallest absolute Gasteiger partial charge is 0.101 e. The third-order valence-electron chi connectivity index (χ3n) is 11.6. The summed E-state index contributed by atoms with van der Waals surface area (Å²) in [4.78, 5) is 0. The Labute approximate surface area is 201 Å². The fourth-order valence-corrected chi connectivity index (χ4v) is 9.35. The fourth-order valence-electron chi connectivity index (χ4n) is 9.35. The summed E-state index contributed by atoms with van der Waals surface area (Å²) < 4.78 is 0. The zero-order valence-corrected chi connectivity index (χ0v) is 21.9. The van der Waals surface area contributed by atoms with Crippen LogP contribution < -0.4 is 0 Å². The molecule has 0 heterocycles. The molecule has 0 aromatic rings. The van der Waals surface area contributed by atoms with Crippen molar-refractivity contribution in [2.24, 2.45) is 51.8 Å². The molecule has 190 valence electrons. The van der Waals surface area contributed by atoms with E-state index < -0.39 is 24.4 Å². The van der Waals surface area contributed by atoms with Crippen molar-refractivity contribution in [3.8, 4) is 0 Å². The lowest BCUT2D eigenvalue weighted by Crippen LogP contribution is -2.57. The summed E-state index contributed by atoms with van der Waals surface area (Å²) in [6, 6.07) is 0. The summed E-state index contributed by atoms with van der Waals surface area (Å²) >= 11 is 0. The van der Waals surface area contributed by atoms with E-state index >= 15 is 0 Å². The van der Waals surface area contributed by atoms with Crippen LogP contribution in [0.1, 0.15) is 92.9 Å². The van der Waals surface area contributed by atoms with Crippen LogP contribution in [0.3, 0.4) is 0 Å². The first kappa shape index (κ1) is 25.7. The highest BCUT2D eigenvalue weighted by molar-refractivity contribution is 5.15.